The summed E-state index contributed by atoms with van der Waals surface area (Å²) in [5, 5.41) is 0. The van der Waals surface area contributed by atoms with E-state index in [1.54, 1.807) is 0 Å². The van der Waals surface area contributed by atoms with Crippen molar-refractivity contribution in [2.24, 2.45) is 17.6 Å². The molecule has 108 valence electrons. The van der Waals surface area contributed by atoms with Crippen molar-refractivity contribution in [3.8, 4) is 0 Å². The Hall–Kier alpha value is -0.120. The SMILES string of the molecule is CCCC1CCC(N)C(CN(C)CCN(C)C)C1. The van der Waals surface area contributed by atoms with Crippen molar-refractivity contribution in [1.82, 2.24) is 9.80 Å². The normalized spacial score (nSPS) is 29.2. The summed E-state index contributed by atoms with van der Waals surface area (Å²) < 4.78 is 0. The van der Waals surface area contributed by atoms with Crippen molar-refractivity contribution >= 4 is 0 Å². The molecular weight excluding hydrogens is 222 g/mol. The van der Waals surface area contributed by atoms with E-state index < -0.39 is 0 Å². The monoisotopic (exact) mass is 255 g/mol. The Morgan fingerprint density at radius 3 is 2.44 bits per heavy atom. The number of hydrogen-bond donors (Lipinski definition) is 1. The molecule has 0 spiro atoms. The molecule has 2 N–H and O–H groups in total. The highest BCUT2D eigenvalue weighted by Gasteiger charge is 2.28. The van der Waals surface area contributed by atoms with E-state index in [0.29, 0.717) is 12.0 Å². The van der Waals surface area contributed by atoms with Crippen molar-refractivity contribution in [3.05, 3.63) is 0 Å². The third-order valence-electron chi connectivity index (χ3n) is 4.32. The molecule has 0 amide bonds. The summed E-state index contributed by atoms with van der Waals surface area (Å²) in [6.45, 7) is 5.76. The van der Waals surface area contributed by atoms with Crippen LogP contribution < -0.4 is 5.73 Å². The highest BCUT2D eigenvalue weighted by atomic mass is 15.1. The van der Waals surface area contributed by atoms with Crippen LogP contribution in [-0.4, -0.2) is 56.6 Å². The Bertz CT molecular complexity index is 218. The van der Waals surface area contributed by atoms with Gasteiger partial charge in [0.2, 0.25) is 0 Å². The van der Waals surface area contributed by atoms with Crippen LogP contribution in [0.25, 0.3) is 0 Å². The maximum atomic E-state index is 6.30. The van der Waals surface area contributed by atoms with E-state index in [4.69, 9.17) is 5.73 Å². The number of rotatable bonds is 7. The van der Waals surface area contributed by atoms with Crippen molar-refractivity contribution in [2.45, 2.75) is 45.1 Å². The number of nitrogens with two attached hydrogens (primary N) is 1. The number of nitrogens with zero attached hydrogens (tertiary/aromatic N) is 2. The highest BCUT2D eigenvalue weighted by molar-refractivity contribution is 4.84. The Balaban J connectivity index is 2.33. The first-order valence-electron chi connectivity index (χ1n) is 7.61. The van der Waals surface area contributed by atoms with Crippen molar-refractivity contribution in [3.63, 3.8) is 0 Å². The fraction of sp³-hybridized carbons (Fsp3) is 1.00. The molecule has 0 saturated heterocycles. The molecule has 3 nitrogen and oxygen atoms in total. The first kappa shape index (κ1) is 15.9. The Labute approximate surface area is 114 Å². The van der Waals surface area contributed by atoms with Gasteiger partial charge in [-0.1, -0.05) is 19.8 Å². The molecule has 3 unspecified atom stereocenters. The zero-order valence-electron chi connectivity index (χ0n) is 12.9. The van der Waals surface area contributed by atoms with Crippen LogP contribution in [0.15, 0.2) is 0 Å². The van der Waals surface area contributed by atoms with Crippen molar-refractivity contribution in [1.29, 1.82) is 0 Å². The van der Waals surface area contributed by atoms with E-state index in [9.17, 15) is 0 Å². The largest absolute Gasteiger partial charge is 0.327 e. The summed E-state index contributed by atoms with van der Waals surface area (Å²) >= 11 is 0. The van der Waals surface area contributed by atoms with Crippen LogP contribution in [0.3, 0.4) is 0 Å². The van der Waals surface area contributed by atoms with Gasteiger partial charge >= 0.3 is 0 Å². The van der Waals surface area contributed by atoms with Gasteiger partial charge in [0.05, 0.1) is 0 Å². The topological polar surface area (TPSA) is 32.5 Å². The second-order valence-electron chi connectivity index (χ2n) is 6.46. The molecule has 3 heteroatoms. The first-order valence-corrected chi connectivity index (χ1v) is 7.61. The van der Waals surface area contributed by atoms with E-state index >= 15 is 0 Å². The van der Waals surface area contributed by atoms with Crippen LogP contribution in [0.5, 0.6) is 0 Å². The van der Waals surface area contributed by atoms with Crippen molar-refractivity contribution in [2.75, 3.05) is 40.8 Å². The van der Waals surface area contributed by atoms with Crippen LogP contribution >= 0.6 is 0 Å². The molecule has 0 aromatic carbocycles. The standard InChI is InChI=1S/C15H33N3/c1-5-6-13-7-8-15(16)14(11-13)12-18(4)10-9-17(2)3/h13-15H,5-12,16H2,1-4H3. The second-order valence-corrected chi connectivity index (χ2v) is 6.46. The average Bonchev–Trinajstić information content (AvgIpc) is 2.31. The number of likely N-dealkylation sites (N-methyl/N-ethyl adjacent to an activating group) is 2. The fourth-order valence-corrected chi connectivity index (χ4v) is 3.13. The zero-order chi connectivity index (χ0) is 13.5. The molecule has 18 heavy (non-hydrogen) atoms. The van der Waals surface area contributed by atoms with E-state index in [1.807, 2.05) is 0 Å². The summed E-state index contributed by atoms with van der Waals surface area (Å²) in [5.41, 5.74) is 6.30. The van der Waals surface area contributed by atoms with E-state index in [-0.39, 0.29) is 0 Å². The molecule has 0 aromatic rings. The maximum absolute atomic E-state index is 6.30. The predicted molar refractivity (Wildman–Crippen MR) is 79.8 cm³/mol. The molecule has 0 radical (unpaired) electrons. The Kier molecular flexibility index (Phi) is 7.20. The molecular formula is C15H33N3. The lowest BCUT2D eigenvalue weighted by Crippen LogP contribution is -2.43. The van der Waals surface area contributed by atoms with Gasteiger partial charge in [-0.15, -0.1) is 0 Å². The molecule has 1 rings (SSSR count). The van der Waals surface area contributed by atoms with Gasteiger partial charge < -0.3 is 15.5 Å². The lowest BCUT2D eigenvalue weighted by Gasteiger charge is -2.36. The summed E-state index contributed by atoms with van der Waals surface area (Å²) in [4.78, 5) is 4.70. The molecule has 1 aliphatic carbocycles. The summed E-state index contributed by atoms with van der Waals surface area (Å²) in [7, 11) is 6.51. The quantitative estimate of drug-likeness (QED) is 0.755. The van der Waals surface area contributed by atoms with Gasteiger partial charge in [0.25, 0.3) is 0 Å². The van der Waals surface area contributed by atoms with E-state index in [2.05, 4.69) is 37.9 Å². The minimum atomic E-state index is 0.430. The average molecular weight is 255 g/mol. The van der Waals surface area contributed by atoms with Gasteiger partial charge in [0.1, 0.15) is 0 Å². The van der Waals surface area contributed by atoms with E-state index in [1.165, 1.54) is 38.6 Å². The van der Waals surface area contributed by atoms with Crippen LogP contribution in [0.4, 0.5) is 0 Å². The van der Waals surface area contributed by atoms with Crippen LogP contribution in [0.2, 0.25) is 0 Å². The summed E-state index contributed by atoms with van der Waals surface area (Å²) in [6.07, 6.45) is 6.65. The van der Waals surface area contributed by atoms with Gasteiger partial charge in [-0.2, -0.15) is 0 Å². The smallest absolute Gasteiger partial charge is 0.0106 e. The van der Waals surface area contributed by atoms with Gasteiger partial charge in [0.15, 0.2) is 0 Å². The lowest BCUT2D eigenvalue weighted by molar-refractivity contribution is 0.162. The van der Waals surface area contributed by atoms with Crippen LogP contribution in [-0.2, 0) is 0 Å². The Morgan fingerprint density at radius 2 is 1.83 bits per heavy atom. The van der Waals surface area contributed by atoms with Crippen LogP contribution in [0, 0.1) is 11.8 Å². The molecule has 1 fully saturated rings. The minimum Gasteiger partial charge on any atom is -0.327 e. The molecule has 1 saturated carbocycles. The molecule has 0 aromatic heterocycles. The number of hydrogen-bond acceptors (Lipinski definition) is 3. The van der Waals surface area contributed by atoms with Crippen molar-refractivity contribution < 1.29 is 0 Å². The van der Waals surface area contributed by atoms with Gasteiger partial charge in [0, 0.05) is 25.7 Å². The third-order valence-corrected chi connectivity index (χ3v) is 4.32. The van der Waals surface area contributed by atoms with E-state index in [0.717, 1.165) is 19.0 Å². The minimum absolute atomic E-state index is 0.430. The molecule has 3 atom stereocenters. The third kappa shape index (κ3) is 5.68. The lowest BCUT2D eigenvalue weighted by atomic mass is 9.76. The molecule has 1 aliphatic rings. The summed E-state index contributed by atoms with van der Waals surface area (Å²) in [6, 6.07) is 0.430. The second kappa shape index (κ2) is 8.13. The first-order chi connectivity index (χ1) is 8.52. The highest BCUT2D eigenvalue weighted by Crippen LogP contribution is 2.31. The zero-order valence-corrected chi connectivity index (χ0v) is 12.9. The Morgan fingerprint density at radius 1 is 1.11 bits per heavy atom. The molecule has 0 heterocycles. The predicted octanol–water partition coefficient (Wildman–Crippen LogP) is 2.02. The molecule has 0 aliphatic heterocycles. The molecule has 0 bridgehead atoms. The fourth-order valence-electron chi connectivity index (χ4n) is 3.13. The maximum Gasteiger partial charge on any atom is 0.0106 e. The van der Waals surface area contributed by atoms with Gasteiger partial charge in [-0.05, 0) is 52.2 Å². The van der Waals surface area contributed by atoms with Gasteiger partial charge in [-0.3, -0.25) is 0 Å². The summed E-state index contributed by atoms with van der Waals surface area (Å²) in [5.74, 6) is 1.64. The van der Waals surface area contributed by atoms with Gasteiger partial charge in [-0.25, -0.2) is 0 Å². The van der Waals surface area contributed by atoms with Crippen LogP contribution in [0.1, 0.15) is 39.0 Å².